The minimum Gasteiger partial charge on any atom is -1.00 e. The molecule has 314 valence electrons. The molecule has 4 rings (SSSR count). The molecule has 1 aliphatic heterocycles. The second kappa shape index (κ2) is 18.1. The second-order valence-electron chi connectivity index (χ2n) is 17.2. The van der Waals surface area contributed by atoms with Crippen molar-refractivity contribution in [3.05, 3.63) is 64.1 Å². The number of esters is 2. The van der Waals surface area contributed by atoms with Gasteiger partial charge in [-0.25, -0.2) is 18.0 Å². The quantitative estimate of drug-likeness (QED) is 0.147. The summed E-state index contributed by atoms with van der Waals surface area (Å²) in [5, 5.41) is 9.14. The Balaban J connectivity index is 0.00000870. The van der Waals surface area contributed by atoms with Crippen LogP contribution in [-0.2, 0) is 40.2 Å². The van der Waals surface area contributed by atoms with E-state index in [0.29, 0.717) is 25.3 Å². The monoisotopic (exact) mass is 914 g/mol. The van der Waals surface area contributed by atoms with E-state index in [4.69, 9.17) is 37.4 Å². The Labute approximate surface area is 356 Å². The zero-order chi connectivity index (χ0) is 42.0. The molecular weight excluding hydrogens is 863 g/mol. The SMILES string of the molecule is CC(C)(C)OC(=O)CN(c1ccc2c(c1)CCN2c1ccc(N(CC[N+](C)(C)CC(=O)OC(C)(C)C)C(=O)OC(C)(C)C)nn1)S(=O)(=O)c1cc(Cl)cc(Cl)c1.[Br-]. The third kappa shape index (κ3) is 13.7. The molecule has 0 bridgehead atoms. The van der Waals surface area contributed by atoms with Crippen LogP contribution in [0.2, 0.25) is 10.0 Å². The summed E-state index contributed by atoms with van der Waals surface area (Å²) < 4.78 is 46.0. The van der Waals surface area contributed by atoms with Gasteiger partial charge in [0.25, 0.3) is 10.0 Å². The molecule has 0 atom stereocenters. The first-order chi connectivity index (χ1) is 25.6. The molecule has 18 heteroatoms. The predicted octanol–water partition coefficient (Wildman–Crippen LogP) is 4.18. The molecule has 0 unspecified atom stereocenters. The van der Waals surface area contributed by atoms with Crippen molar-refractivity contribution < 1.29 is 58.5 Å². The third-order valence-electron chi connectivity index (χ3n) is 8.07. The fraction of sp³-hybridized carbons (Fsp3) is 0.513. The molecule has 0 N–H and O–H groups in total. The number of carbonyl (C=O) groups is 3. The van der Waals surface area contributed by atoms with Crippen LogP contribution in [0.4, 0.5) is 27.8 Å². The van der Waals surface area contributed by atoms with Gasteiger partial charge in [-0.1, -0.05) is 23.2 Å². The zero-order valence-corrected chi connectivity index (χ0v) is 38.3. The fourth-order valence-corrected chi connectivity index (χ4v) is 7.92. The Bertz CT molecular complexity index is 2030. The van der Waals surface area contributed by atoms with Crippen LogP contribution in [0.5, 0.6) is 0 Å². The maximum atomic E-state index is 14.0. The first-order valence-electron chi connectivity index (χ1n) is 18.1. The van der Waals surface area contributed by atoms with Gasteiger partial charge in [0.2, 0.25) is 0 Å². The number of carbonyl (C=O) groups excluding carboxylic acids is 3. The molecule has 0 radical (unpaired) electrons. The highest BCUT2D eigenvalue weighted by atomic mass is 79.9. The molecule has 0 aliphatic carbocycles. The van der Waals surface area contributed by atoms with Crippen molar-refractivity contribution in [3.63, 3.8) is 0 Å². The van der Waals surface area contributed by atoms with Crippen LogP contribution in [0.1, 0.15) is 67.9 Å². The van der Waals surface area contributed by atoms with Gasteiger partial charge in [-0.2, -0.15) is 0 Å². The summed E-state index contributed by atoms with van der Waals surface area (Å²) >= 11 is 12.3. The van der Waals surface area contributed by atoms with Crippen LogP contribution in [0.15, 0.2) is 53.4 Å². The predicted molar refractivity (Wildman–Crippen MR) is 217 cm³/mol. The minimum atomic E-state index is -4.33. The van der Waals surface area contributed by atoms with Crippen molar-refractivity contribution in [1.82, 2.24) is 10.2 Å². The molecule has 57 heavy (non-hydrogen) atoms. The topological polar surface area (TPSA) is 149 Å². The van der Waals surface area contributed by atoms with Gasteiger partial charge in [-0.15, -0.1) is 10.2 Å². The summed E-state index contributed by atoms with van der Waals surface area (Å²) in [7, 11) is -0.578. The van der Waals surface area contributed by atoms with Gasteiger partial charge in [0.1, 0.15) is 23.3 Å². The highest BCUT2D eigenvalue weighted by Gasteiger charge is 2.33. The van der Waals surface area contributed by atoms with Crippen LogP contribution in [0, 0.1) is 0 Å². The van der Waals surface area contributed by atoms with Gasteiger partial charge in [0, 0.05) is 22.3 Å². The molecule has 3 aromatic rings. The highest BCUT2D eigenvalue weighted by molar-refractivity contribution is 7.92. The number of anilines is 4. The Morgan fingerprint density at radius 1 is 0.807 bits per heavy atom. The molecule has 1 aromatic heterocycles. The molecule has 14 nitrogen and oxygen atoms in total. The number of fused-ring (bicyclic) bond motifs is 1. The number of quaternary nitrogens is 1. The van der Waals surface area contributed by atoms with Crippen molar-refractivity contribution in [2.45, 2.75) is 90.4 Å². The van der Waals surface area contributed by atoms with E-state index in [2.05, 4.69) is 10.2 Å². The second-order valence-corrected chi connectivity index (χ2v) is 19.9. The number of likely N-dealkylation sites (N-methyl/N-ethyl adjacent to an activating group) is 1. The Morgan fingerprint density at radius 2 is 1.39 bits per heavy atom. The lowest BCUT2D eigenvalue weighted by molar-refractivity contribution is -0.881. The van der Waals surface area contributed by atoms with Crippen LogP contribution in [0.25, 0.3) is 0 Å². The Kier molecular flexibility index (Phi) is 15.1. The van der Waals surface area contributed by atoms with E-state index in [-0.39, 0.29) is 67.0 Å². The summed E-state index contributed by atoms with van der Waals surface area (Å²) in [5.74, 6) is -0.328. The standard InChI is InChI=1S/C39H53Cl2N6O8S.BrH/c1-37(2,3)53-34(48)24-46(56(51,52)30-22-27(40)21-28(41)23-30)29-12-13-31-26(20-29)16-17-44(31)32-14-15-33(43-42-32)45(36(50)55-39(7,8)9)18-19-47(10,11)25-35(49)54-38(4,5)6;/h12-15,20-23H,16-19,24-25H2,1-11H3;1H/q+1;/p-1. The largest absolute Gasteiger partial charge is 1.00 e. The van der Waals surface area contributed by atoms with Crippen LogP contribution < -0.4 is 31.1 Å². The summed E-state index contributed by atoms with van der Waals surface area (Å²) in [6, 6.07) is 12.5. The maximum absolute atomic E-state index is 14.0. The van der Waals surface area contributed by atoms with Crippen LogP contribution in [-0.4, -0.2) is 105 Å². The average molecular weight is 917 g/mol. The number of amides is 1. The summed E-state index contributed by atoms with van der Waals surface area (Å²) in [6.45, 7) is 16.4. The minimum absolute atomic E-state index is 0. The van der Waals surface area contributed by atoms with Crippen molar-refractivity contribution >= 4 is 74.3 Å². The van der Waals surface area contributed by atoms with Crippen LogP contribution in [0.3, 0.4) is 0 Å². The third-order valence-corrected chi connectivity index (χ3v) is 10.3. The summed E-state index contributed by atoms with van der Waals surface area (Å²) in [5.41, 5.74) is -0.420. The molecule has 0 saturated carbocycles. The first kappa shape index (κ1) is 47.7. The van der Waals surface area contributed by atoms with Crippen molar-refractivity contribution in [1.29, 1.82) is 0 Å². The number of hydrogen-bond donors (Lipinski definition) is 0. The number of benzene rings is 2. The molecule has 2 heterocycles. The molecular formula is C39H53BrCl2N6O8S. The number of rotatable bonds is 12. The molecule has 0 fully saturated rings. The number of ether oxygens (including phenoxy) is 3. The lowest BCUT2D eigenvalue weighted by Crippen LogP contribution is -3.00. The van der Waals surface area contributed by atoms with Gasteiger partial charge >= 0.3 is 18.0 Å². The number of aromatic nitrogens is 2. The smallest absolute Gasteiger partial charge is 0.416 e. The van der Waals surface area contributed by atoms with Gasteiger partial charge < -0.3 is 40.6 Å². The normalized spacial score (nSPS) is 13.3. The van der Waals surface area contributed by atoms with Crippen molar-refractivity contribution in [2.24, 2.45) is 0 Å². The first-order valence-corrected chi connectivity index (χ1v) is 20.3. The fourth-order valence-electron chi connectivity index (χ4n) is 5.79. The molecule has 2 aromatic carbocycles. The highest BCUT2D eigenvalue weighted by Crippen LogP contribution is 2.38. The molecule has 0 saturated heterocycles. The van der Waals surface area contributed by atoms with E-state index in [1.54, 1.807) is 71.9 Å². The maximum Gasteiger partial charge on any atom is 0.416 e. The van der Waals surface area contributed by atoms with E-state index in [1.165, 1.54) is 23.1 Å². The molecule has 1 aliphatic rings. The Morgan fingerprint density at radius 3 is 1.93 bits per heavy atom. The van der Waals surface area contributed by atoms with Gasteiger partial charge in [-0.3, -0.25) is 14.0 Å². The Hall–Kier alpha value is -3.70. The average Bonchev–Trinajstić information content (AvgIpc) is 3.44. The number of nitrogens with zero attached hydrogens (tertiary/aromatic N) is 6. The summed E-state index contributed by atoms with van der Waals surface area (Å²) in [6.07, 6.45) is -0.0771. The summed E-state index contributed by atoms with van der Waals surface area (Å²) in [4.78, 5) is 42.2. The van der Waals surface area contributed by atoms with Gasteiger partial charge in [-0.05, 0) is 123 Å². The van der Waals surface area contributed by atoms with Crippen molar-refractivity contribution in [2.75, 3.05) is 60.9 Å². The number of halogens is 3. The molecule has 1 amide bonds. The lowest BCUT2D eigenvalue weighted by Gasteiger charge is -2.33. The zero-order valence-electron chi connectivity index (χ0n) is 34.4. The van der Waals surface area contributed by atoms with E-state index in [1.807, 2.05) is 39.8 Å². The van der Waals surface area contributed by atoms with E-state index in [0.717, 1.165) is 15.6 Å². The number of hydrogen-bond acceptors (Lipinski definition) is 11. The van der Waals surface area contributed by atoms with Gasteiger partial charge in [0.15, 0.2) is 18.2 Å². The molecule has 0 spiro atoms. The van der Waals surface area contributed by atoms with E-state index in [9.17, 15) is 22.8 Å². The van der Waals surface area contributed by atoms with Gasteiger partial charge in [0.05, 0.1) is 37.8 Å². The van der Waals surface area contributed by atoms with E-state index >= 15 is 0 Å². The van der Waals surface area contributed by atoms with Crippen LogP contribution >= 0.6 is 23.2 Å². The van der Waals surface area contributed by atoms with Crippen molar-refractivity contribution in [3.8, 4) is 0 Å². The lowest BCUT2D eigenvalue weighted by atomic mass is 10.1. The van der Waals surface area contributed by atoms with E-state index < -0.39 is 45.4 Å². The number of sulfonamides is 1.